The van der Waals surface area contributed by atoms with Crippen molar-refractivity contribution in [3.8, 4) is 0 Å². The van der Waals surface area contributed by atoms with E-state index in [9.17, 15) is 4.79 Å². The minimum absolute atomic E-state index is 0.0761. The number of halogens is 1. The molecule has 0 unspecified atom stereocenters. The highest BCUT2D eigenvalue weighted by Crippen LogP contribution is 2.19. The van der Waals surface area contributed by atoms with Crippen molar-refractivity contribution in [2.24, 2.45) is 0 Å². The highest BCUT2D eigenvalue weighted by molar-refractivity contribution is 6.30. The third kappa shape index (κ3) is 6.73. The van der Waals surface area contributed by atoms with Crippen molar-refractivity contribution in [1.82, 2.24) is 15.5 Å². The Labute approximate surface area is 172 Å². The molecule has 150 valence electrons. The van der Waals surface area contributed by atoms with Crippen molar-refractivity contribution in [1.29, 1.82) is 0 Å². The van der Waals surface area contributed by atoms with Crippen LogP contribution in [0.1, 0.15) is 12.0 Å². The molecule has 0 bridgehead atoms. The molecule has 3 rings (SSSR count). The third-order valence-corrected chi connectivity index (χ3v) is 5.30. The Morgan fingerprint density at radius 3 is 2.29 bits per heavy atom. The molecule has 5 nitrogen and oxygen atoms in total. The van der Waals surface area contributed by atoms with Gasteiger partial charge in [0, 0.05) is 56.5 Å². The van der Waals surface area contributed by atoms with Crippen LogP contribution in [0.3, 0.4) is 0 Å². The van der Waals surface area contributed by atoms with E-state index in [-0.39, 0.29) is 6.03 Å². The second-order valence-electron chi connectivity index (χ2n) is 7.08. The minimum atomic E-state index is -0.0761. The van der Waals surface area contributed by atoms with Gasteiger partial charge in [0.25, 0.3) is 0 Å². The fraction of sp³-hybridized carbons (Fsp3) is 0.409. The lowest BCUT2D eigenvalue weighted by Crippen LogP contribution is -2.49. The normalized spacial score (nSPS) is 14.7. The molecule has 0 radical (unpaired) electrons. The lowest BCUT2D eigenvalue weighted by Gasteiger charge is -2.36. The summed E-state index contributed by atoms with van der Waals surface area (Å²) in [5.74, 6) is 0. The van der Waals surface area contributed by atoms with E-state index in [1.807, 2.05) is 30.3 Å². The molecule has 1 saturated heterocycles. The van der Waals surface area contributed by atoms with Gasteiger partial charge in [-0.15, -0.1) is 0 Å². The smallest absolute Gasteiger partial charge is 0.314 e. The van der Waals surface area contributed by atoms with Crippen LogP contribution in [0.5, 0.6) is 0 Å². The number of hydrogen-bond donors (Lipinski definition) is 2. The maximum Gasteiger partial charge on any atom is 0.314 e. The van der Waals surface area contributed by atoms with Gasteiger partial charge in [-0.2, -0.15) is 0 Å². The largest absolute Gasteiger partial charge is 0.369 e. The summed E-state index contributed by atoms with van der Waals surface area (Å²) in [6.07, 6.45) is 1.93. The maximum atomic E-state index is 11.9. The van der Waals surface area contributed by atoms with Crippen molar-refractivity contribution < 1.29 is 4.79 Å². The maximum absolute atomic E-state index is 11.9. The summed E-state index contributed by atoms with van der Waals surface area (Å²) in [7, 11) is 0. The van der Waals surface area contributed by atoms with Gasteiger partial charge in [0.1, 0.15) is 0 Å². The monoisotopic (exact) mass is 400 g/mol. The lowest BCUT2D eigenvalue weighted by molar-refractivity contribution is 0.232. The fourth-order valence-corrected chi connectivity index (χ4v) is 3.54. The summed E-state index contributed by atoms with van der Waals surface area (Å²) < 4.78 is 0. The van der Waals surface area contributed by atoms with Crippen molar-refractivity contribution >= 4 is 23.3 Å². The molecule has 0 saturated carbocycles. The van der Waals surface area contributed by atoms with Crippen LogP contribution in [0.2, 0.25) is 5.02 Å². The standard InChI is InChI=1S/C22H29ClN4O/c23-20-8-10-21(11-9-20)27-17-15-26(16-18-27)14-13-25-22(28)24-12-4-7-19-5-2-1-3-6-19/h1-3,5-6,8-11H,4,7,12-18H2,(H2,24,25,28). The van der Waals surface area contributed by atoms with E-state index in [4.69, 9.17) is 11.6 Å². The zero-order valence-corrected chi connectivity index (χ0v) is 17.0. The number of hydrogen-bond acceptors (Lipinski definition) is 3. The first-order chi connectivity index (χ1) is 13.7. The summed E-state index contributed by atoms with van der Waals surface area (Å²) in [6, 6.07) is 18.3. The highest BCUT2D eigenvalue weighted by atomic mass is 35.5. The Hall–Kier alpha value is -2.24. The van der Waals surface area contributed by atoms with Crippen molar-refractivity contribution in [2.45, 2.75) is 12.8 Å². The fourth-order valence-electron chi connectivity index (χ4n) is 3.41. The van der Waals surface area contributed by atoms with Crippen LogP contribution in [-0.4, -0.2) is 56.7 Å². The molecule has 0 spiro atoms. The van der Waals surface area contributed by atoms with Gasteiger partial charge < -0.3 is 15.5 Å². The van der Waals surface area contributed by atoms with Gasteiger partial charge in [0.2, 0.25) is 0 Å². The lowest BCUT2D eigenvalue weighted by atomic mass is 10.1. The highest BCUT2D eigenvalue weighted by Gasteiger charge is 2.16. The average Bonchev–Trinajstić information content (AvgIpc) is 2.73. The quantitative estimate of drug-likeness (QED) is 0.668. The molecule has 0 atom stereocenters. The van der Waals surface area contributed by atoms with Gasteiger partial charge in [-0.3, -0.25) is 4.90 Å². The first kappa shape index (κ1) is 20.5. The molecule has 2 N–H and O–H groups in total. The van der Waals surface area contributed by atoms with Crippen molar-refractivity contribution in [3.63, 3.8) is 0 Å². The van der Waals surface area contributed by atoms with Gasteiger partial charge in [0.15, 0.2) is 0 Å². The van der Waals surface area contributed by atoms with E-state index in [1.165, 1.54) is 11.3 Å². The van der Waals surface area contributed by atoms with Crippen LogP contribution in [-0.2, 0) is 6.42 Å². The molecule has 0 aliphatic carbocycles. The number of piperazine rings is 1. The zero-order chi connectivity index (χ0) is 19.6. The number of nitrogens with one attached hydrogen (secondary N) is 2. The van der Waals surface area contributed by atoms with Gasteiger partial charge in [-0.1, -0.05) is 41.9 Å². The molecule has 1 aliphatic rings. The number of benzene rings is 2. The molecule has 2 aromatic rings. The molecule has 2 amide bonds. The predicted octanol–water partition coefficient (Wildman–Crippen LogP) is 3.39. The molecule has 0 aromatic heterocycles. The van der Waals surface area contributed by atoms with Gasteiger partial charge in [-0.05, 0) is 42.7 Å². The molecule has 1 heterocycles. The Morgan fingerprint density at radius 1 is 0.893 bits per heavy atom. The average molecular weight is 401 g/mol. The first-order valence-corrected chi connectivity index (χ1v) is 10.4. The van der Waals surface area contributed by atoms with E-state index in [2.05, 4.69) is 44.7 Å². The van der Waals surface area contributed by atoms with Gasteiger partial charge in [-0.25, -0.2) is 4.79 Å². The Bertz CT molecular complexity index is 715. The van der Waals surface area contributed by atoms with Gasteiger partial charge >= 0.3 is 6.03 Å². The van der Waals surface area contributed by atoms with Crippen molar-refractivity contribution in [3.05, 3.63) is 65.2 Å². The summed E-state index contributed by atoms with van der Waals surface area (Å²) in [5, 5.41) is 6.66. The van der Waals surface area contributed by atoms with Crippen molar-refractivity contribution in [2.75, 3.05) is 50.7 Å². The van der Waals surface area contributed by atoms with Gasteiger partial charge in [0.05, 0.1) is 0 Å². The summed E-state index contributed by atoms with van der Waals surface area (Å²) >= 11 is 5.96. The first-order valence-electron chi connectivity index (χ1n) is 9.99. The van der Waals surface area contributed by atoms with E-state index in [0.717, 1.165) is 50.6 Å². The zero-order valence-electron chi connectivity index (χ0n) is 16.2. The van der Waals surface area contributed by atoms with E-state index >= 15 is 0 Å². The van der Waals surface area contributed by atoms with E-state index in [0.29, 0.717) is 13.1 Å². The Balaban J connectivity index is 1.24. The SMILES string of the molecule is O=C(NCCCc1ccccc1)NCCN1CCN(c2ccc(Cl)cc2)CC1. The molecular formula is C22H29ClN4O. The number of carbonyl (C=O) groups is 1. The molecule has 6 heteroatoms. The molecule has 1 fully saturated rings. The molecule has 1 aliphatic heterocycles. The summed E-state index contributed by atoms with van der Waals surface area (Å²) in [6.45, 7) is 6.24. The van der Waals surface area contributed by atoms with Crippen LogP contribution in [0, 0.1) is 0 Å². The van der Waals surface area contributed by atoms with E-state index in [1.54, 1.807) is 0 Å². The summed E-state index contributed by atoms with van der Waals surface area (Å²) in [4.78, 5) is 16.7. The number of anilines is 1. The topological polar surface area (TPSA) is 47.6 Å². The third-order valence-electron chi connectivity index (χ3n) is 5.05. The number of aryl methyl sites for hydroxylation is 1. The number of urea groups is 1. The van der Waals surface area contributed by atoms with Crippen LogP contribution in [0.15, 0.2) is 54.6 Å². The second-order valence-corrected chi connectivity index (χ2v) is 7.51. The molecule has 28 heavy (non-hydrogen) atoms. The number of amides is 2. The van der Waals surface area contributed by atoms with Crippen LogP contribution < -0.4 is 15.5 Å². The number of nitrogens with zero attached hydrogens (tertiary/aromatic N) is 2. The number of rotatable bonds is 8. The molecule has 2 aromatic carbocycles. The van der Waals surface area contributed by atoms with Crippen LogP contribution in [0.25, 0.3) is 0 Å². The predicted molar refractivity (Wildman–Crippen MR) is 116 cm³/mol. The molecular weight excluding hydrogens is 372 g/mol. The van der Waals surface area contributed by atoms with Crippen LogP contribution >= 0.6 is 11.6 Å². The minimum Gasteiger partial charge on any atom is -0.369 e. The Morgan fingerprint density at radius 2 is 1.57 bits per heavy atom. The van der Waals surface area contributed by atoms with E-state index < -0.39 is 0 Å². The summed E-state index contributed by atoms with van der Waals surface area (Å²) in [5.41, 5.74) is 2.53. The Kier molecular flexibility index (Phi) is 8.00. The number of carbonyl (C=O) groups excluding carboxylic acids is 1. The van der Waals surface area contributed by atoms with Crippen LogP contribution in [0.4, 0.5) is 10.5 Å². The second kappa shape index (κ2) is 10.9.